The highest BCUT2D eigenvalue weighted by molar-refractivity contribution is 6.89. The predicted molar refractivity (Wildman–Crippen MR) is 54.1 cm³/mol. The van der Waals surface area contributed by atoms with Crippen molar-refractivity contribution in [3.8, 4) is 0 Å². The summed E-state index contributed by atoms with van der Waals surface area (Å²) in [6.45, 7) is 8.48. The zero-order chi connectivity index (χ0) is 9.35. The molecule has 0 aliphatic rings. The molecule has 0 amide bonds. The fourth-order valence-corrected chi connectivity index (χ4v) is 3.65. The number of rotatable bonds is 1. The lowest BCUT2D eigenvalue weighted by molar-refractivity contribution is 0.634. The third-order valence-electron chi connectivity index (χ3n) is 1.97. The molecule has 1 aromatic carbocycles. The summed E-state index contributed by atoms with van der Waals surface area (Å²) >= 11 is 0. The minimum atomic E-state index is -1.50. The van der Waals surface area contributed by atoms with Crippen LogP contribution in [0.3, 0.4) is 0 Å². The average molecular weight is 182 g/mol. The first-order valence-corrected chi connectivity index (χ1v) is 7.68. The number of halogens is 1. The van der Waals surface area contributed by atoms with Crippen molar-refractivity contribution >= 4 is 13.3 Å². The van der Waals surface area contributed by atoms with E-state index in [0.29, 0.717) is 0 Å². The highest BCUT2D eigenvalue weighted by Crippen LogP contribution is 2.09. The summed E-state index contributed by atoms with van der Waals surface area (Å²) in [5.41, 5.74) is 1.09. The van der Waals surface area contributed by atoms with E-state index in [4.69, 9.17) is 0 Å². The second-order valence-corrected chi connectivity index (χ2v) is 9.18. The molecule has 0 heterocycles. The molecule has 2 heteroatoms. The Morgan fingerprint density at radius 2 is 1.75 bits per heavy atom. The first-order chi connectivity index (χ1) is 5.43. The van der Waals surface area contributed by atoms with E-state index < -0.39 is 8.07 Å². The maximum atomic E-state index is 13.4. The van der Waals surface area contributed by atoms with Gasteiger partial charge in [-0.25, -0.2) is 4.39 Å². The average Bonchev–Trinajstić information content (AvgIpc) is 1.82. The Hall–Kier alpha value is -0.633. The van der Waals surface area contributed by atoms with Crippen LogP contribution in [0.2, 0.25) is 19.6 Å². The van der Waals surface area contributed by atoms with Gasteiger partial charge in [0.1, 0.15) is 5.82 Å². The predicted octanol–water partition coefficient (Wildman–Crippen LogP) is 2.68. The summed E-state index contributed by atoms with van der Waals surface area (Å²) in [5.74, 6) is -0.0332. The van der Waals surface area contributed by atoms with Crippen molar-refractivity contribution in [2.24, 2.45) is 0 Å². The lowest BCUT2D eigenvalue weighted by Gasteiger charge is -2.19. The molecule has 12 heavy (non-hydrogen) atoms. The lowest BCUT2D eigenvalue weighted by atomic mass is 10.2. The van der Waals surface area contributed by atoms with E-state index in [1.54, 1.807) is 12.1 Å². The van der Waals surface area contributed by atoms with Gasteiger partial charge in [-0.2, -0.15) is 0 Å². The maximum Gasteiger partial charge on any atom is 0.122 e. The molecule has 0 unspecified atom stereocenters. The van der Waals surface area contributed by atoms with Gasteiger partial charge >= 0.3 is 0 Å². The summed E-state index contributed by atoms with van der Waals surface area (Å²) in [6.07, 6.45) is 0. The van der Waals surface area contributed by atoms with Crippen molar-refractivity contribution in [2.75, 3.05) is 0 Å². The Labute approximate surface area is 74.4 Å². The summed E-state index contributed by atoms with van der Waals surface area (Å²) < 4.78 is 13.4. The molecule has 0 saturated heterocycles. The van der Waals surface area contributed by atoms with Crippen LogP contribution in [0.4, 0.5) is 4.39 Å². The third kappa shape index (κ3) is 1.75. The molecule has 0 aromatic heterocycles. The van der Waals surface area contributed by atoms with Crippen LogP contribution in [0.5, 0.6) is 0 Å². The molecule has 1 aromatic rings. The minimum Gasteiger partial charge on any atom is -0.207 e. The SMILES string of the molecule is Cc1cccc(F)c1[Si](C)(C)C. The first kappa shape index (κ1) is 9.45. The molecule has 0 spiro atoms. The summed E-state index contributed by atoms with van der Waals surface area (Å²) in [6, 6.07) is 5.31. The van der Waals surface area contributed by atoms with Crippen LogP contribution < -0.4 is 5.19 Å². The number of aryl methyl sites for hydroxylation is 1. The third-order valence-corrected chi connectivity index (χ3v) is 4.11. The Bertz CT molecular complexity index is 266. The zero-order valence-electron chi connectivity index (χ0n) is 8.11. The van der Waals surface area contributed by atoms with Crippen LogP contribution in [0.25, 0.3) is 0 Å². The van der Waals surface area contributed by atoms with Crippen molar-refractivity contribution in [1.29, 1.82) is 0 Å². The largest absolute Gasteiger partial charge is 0.207 e. The highest BCUT2D eigenvalue weighted by Gasteiger charge is 2.22. The summed E-state index contributed by atoms with van der Waals surface area (Å²) in [4.78, 5) is 0. The Balaban J connectivity index is 3.31. The van der Waals surface area contributed by atoms with Crippen molar-refractivity contribution in [2.45, 2.75) is 26.6 Å². The first-order valence-electron chi connectivity index (χ1n) is 4.18. The van der Waals surface area contributed by atoms with E-state index in [1.165, 1.54) is 0 Å². The number of hydrogen-bond donors (Lipinski definition) is 0. The molecule has 0 radical (unpaired) electrons. The van der Waals surface area contributed by atoms with Gasteiger partial charge in [-0.3, -0.25) is 0 Å². The van der Waals surface area contributed by atoms with Crippen molar-refractivity contribution in [3.63, 3.8) is 0 Å². The summed E-state index contributed by atoms with van der Waals surface area (Å²) in [7, 11) is -1.50. The van der Waals surface area contributed by atoms with Gasteiger partial charge < -0.3 is 0 Å². The molecule has 0 aliphatic carbocycles. The molecular weight excluding hydrogens is 167 g/mol. The van der Waals surface area contributed by atoms with Gasteiger partial charge in [0.25, 0.3) is 0 Å². The lowest BCUT2D eigenvalue weighted by Crippen LogP contribution is -2.41. The van der Waals surface area contributed by atoms with Gasteiger partial charge in [-0.1, -0.05) is 31.8 Å². The van der Waals surface area contributed by atoms with Gasteiger partial charge in [-0.05, 0) is 23.7 Å². The van der Waals surface area contributed by atoms with E-state index in [-0.39, 0.29) is 5.82 Å². The van der Waals surface area contributed by atoms with Crippen LogP contribution in [0.1, 0.15) is 5.56 Å². The van der Waals surface area contributed by atoms with Gasteiger partial charge in [0.2, 0.25) is 0 Å². The topological polar surface area (TPSA) is 0 Å². The molecule has 66 valence electrons. The van der Waals surface area contributed by atoms with Crippen molar-refractivity contribution in [1.82, 2.24) is 0 Å². The Morgan fingerprint density at radius 3 is 2.08 bits per heavy atom. The Kier molecular flexibility index (Phi) is 2.38. The fraction of sp³-hybridized carbons (Fsp3) is 0.400. The fourth-order valence-electron chi connectivity index (χ4n) is 1.58. The van der Waals surface area contributed by atoms with Crippen LogP contribution in [-0.2, 0) is 0 Å². The van der Waals surface area contributed by atoms with Gasteiger partial charge in [-0.15, -0.1) is 0 Å². The maximum absolute atomic E-state index is 13.4. The van der Waals surface area contributed by atoms with E-state index in [0.717, 1.165) is 10.8 Å². The highest BCUT2D eigenvalue weighted by atomic mass is 28.3. The molecule has 0 bridgehead atoms. The molecule has 0 aliphatic heterocycles. The molecule has 0 fully saturated rings. The molecular formula is C10H15FSi. The molecule has 0 saturated carbocycles. The molecule has 0 N–H and O–H groups in total. The van der Waals surface area contributed by atoms with Crippen LogP contribution >= 0.6 is 0 Å². The van der Waals surface area contributed by atoms with E-state index in [1.807, 2.05) is 13.0 Å². The second-order valence-electron chi connectivity index (χ2n) is 4.18. The number of hydrogen-bond acceptors (Lipinski definition) is 0. The smallest absolute Gasteiger partial charge is 0.122 e. The molecule has 0 nitrogen and oxygen atoms in total. The van der Waals surface area contributed by atoms with E-state index in [9.17, 15) is 4.39 Å². The summed E-state index contributed by atoms with van der Waals surface area (Å²) in [5, 5.41) is 0.963. The van der Waals surface area contributed by atoms with Crippen LogP contribution in [0.15, 0.2) is 18.2 Å². The normalized spacial score (nSPS) is 11.8. The van der Waals surface area contributed by atoms with Crippen LogP contribution in [-0.4, -0.2) is 8.07 Å². The molecule has 1 rings (SSSR count). The number of benzene rings is 1. The zero-order valence-corrected chi connectivity index (χ0v) is 9.11. The van der Waals surface area contributed by atoms with Gasteiger partial charge in [0, 0.05) is 0 Å². The second kappa shape index (κ2) is 3.02. The standard InChI is InChI=1S/C10H15FSi/c1-8-6-5-7-9(11)10(8)12(2,3)4/h5-7H,1-4H3. The van der Waals surface area contributed by atoms with Gasteiger partial charge in [0.15, 0.2) is 0 Å². The minimum absolute atomic E-state index is 0.0332. The monoisotopic (exact) mass is 182 g/mol. The van der Waals surface area contributed by atoms with Gasteiger partial charge in [0.05, 0.1) is 8.07 Å². The van der Waals surface area contributed by atoms with Crippen molar-refractivity contribution in [3.05, 3.63) is 29.6 Å². The Morgan fingerprint density at radius 1 is 1.17 bits per heavy atom. The van der Waals surface area contributed by atoms with Crippen LogP contribution in [0, 0.1) is 12.7 Å². The molecule has 0 atom stereocenters. The van der Waals surface area contributed by atoms with E-state index in [2.05, 4.69) is 19.6 Å². The van der Waals surface area contributed by atoms with E-state index >= 15 is 0 Å². The van der Waals surface area contributed by atoms with Crippen molar-refractivity contribution < 1.29 is 4.39 Å². The quantitative estimate of drug-likeness (QED) is 0.586.